The Kier molecular flexibility index (Phi) is 4.01. The van der Waals surface area contributed by atoms with Crippen molar-refractivity contribution in [2.24, 2.45) is 0 Å². The number of aryl methyl sites for hydroxylation is 2. The minimum Gasteiger partial charge on any atom is -0.348 e. The monoisotopic (exact) mass is 250 g/mol. The number of nitrogens with zero attached hydrogens (tertiary/aromatic N) is 2. The molecule has 100 valence electrons. The molecule has 1 saturated heterocycles. The molecule has 1 atom stereocenters. The number of hydrogen-bond donors (Lipinski definition) is 2. The molecule has 0 radical (unpaired) electrons. The van der Waals surface area contributed by atoms with E-state index in [2.05, 4.69) is 22.7 Å². The molecule has 0 saturated carbocycles. The second kappa shape index (κ2) is 5.52. The van der Waals surface area contributed by atoms with Crippen LogP contribution in [0.25, 0.3) is 0 Å². The lowest BCUT2D eigenvalue weighted by molar-refractivity contribution is 0.0938. The number of carbonyl (C=O) groups excluding carboxylic acids is 1. The zero-order valence-corrected chi connectivity index (χ0v) is 11.4. The van der Waals surface area contributed by atoms with Crippen molar-refractivity contribution in [3.63, 3.8) is 0 Å². The van der Waals surface area contributed by atoms with E-state index >= 15 is 0 Å². The van der Waals surface area contributed by atoms with Crippen LogP contribution in [-0.2, 0) is 6.54 Å². The number of amides is 1. The molecule has 2 heterocycles. The van der Waals surface area contributed by atoms with Gasteiger partial charge in [0, 0.05) is 24.8 Å². The summed E-state index contributed by atoms with van der Waals surface area (Å²) in [7, 11) is 0. The number of nitrogens with one attached hydrogen (secondary N) is 2. The largest absolute Gasteiger partial charge is 0.348 e. The first-order valence-corrected chi connectivity index (χ1v) is 6.69. The van der Waals surface area contributed by atoms with Crippen molar-refractivity contribution >= 4 is 5.91 Å². The SMILES string of the molecule is CCCn1nc(C)c(C(=O)NC2CCNC2)c1C. The summed E-state index contributed by atoms with van der Waals surface area (Å²) in [6.07, 6.45) is 2.03. The van der Waals surface area contributed by atoms with Gasteiger partial charge >= 0.3 is 0 Å². The third-order valence-electron chi connectivity index (χ3n) is 3.44. The van der Waals surface area contributed by atoms with Crippen LogP contribution in [0, 0.1) is 13.8 Å². The standard InChI is InChI=1S/C13H22N4O/c1-4-7-17-10(3)12(9(2)16-17)13(18)15-11-5-6-14-8-11/h11,14H,4-8H2,1-3H3,(H,15,18). The Morgan fingerprint density at radius 3 is 2.94 bits per heavy atom. The summed E-state index contributed by atoms with van der Waals surface area (Å²) in [5.74, 6) is 0.0149. The van der Waals surface area contributed by atoms with Crippen LogP contribution in [0.2, 0.25) is 0 Å². The number of rotatable bonds is 4. The molecule has 5 heteroatoms. The Labute approximate surface area is 108 Å². The minimum atomic E-state index is 0.0149. The van der Waals surface area contributed by atoms with Gasteiger partial charge in [-0.3, -0.25) is 9.48 Å². The lowest BCUT2D eigenvalue weighted by Crippen LogP contribution is -2.36. The highest BCUT2D eigenvalue weighted by Gasteiger charge is 2.22. The van der Waals surface area contributed by atoms with E-state index in [9.17, 15) is 4.79 Å². The van der Waals surface area contributed by atoms with Gasteiger partial charge in [0.2, 0.25) is 0 Å². The van der Waals surface area contributed by atoms with E-state index in [0.29, 0.717) is 0 Å². The molecular weight excluding hydrogens is 228 g/mol. The fourth-order valence-corrected chi connectivity index (χ4v) is 2.49. The molecular formula is C13H22N4O. The van der Waals surface area contributed by atoms with E-state index in [1.165, 1.54) is 0 Å². The summed E-state index contributed by atoms with van der Waals surface area (Å²) in [5, 5.41) is 10.8. The van der Waals surface area contributed by atoms with Crippen LogP contribution in [0.1, 0.15) is 41.5 Å². The maximum Gasteiger partial charge on any atom is 0.255 e. The second-order valence-corrected chi connectivity index (χ2v) is 4.93. The van der Waals surface area contributed by atoms with Gasteiger partial charge in [-0.1, -0.05) is 6.92 Å². The summed E-state index contributed by atoms with van der Waals surface area (Å²) in [6.45, 7) is 8.70. The van der Waals surface area contributed by atoms with Crippen molar-refractivity contribution in [3.05, 3.63) is 17.0 Å². The van der Waals surface area contributed by atoms with Crippen molar-refractivity contribution in [1.82, 2.24) is 20.4 Å². The van der Waals surface area contributed by atoms with Crippen molar-refractivity contribution < 1.29 is 4.79 Å². The van der Waals surface area contributed by atoms with E-state index in [1.54, 1.807) is 0 Å². The van der Waals surface area contributed by atoms with Crippen LogP contribution in [0.3, 0.4) is 0 Å². The zero-order chi connectivity index (χ0) is 13.1. The van der Waals surface area contributed by atoms with Gasteiger partial charge in [0.15, 0.2) is 0 Å². The first-order valence-electron chi connectivity index (χ1n) is 6.69. The predicted octanol–water partition coefficient (Wildman–Crippen LogP) is 1.00. The van der Waals surface area contributed by atoms with E-state index in [0.717, 1.165) is 49.4 Å². The van der Waals surface area contributed by atoms with Gasteiger partial charge in [-0.2, -0.15) is 5.10 Å². The molecule has 5 nitrogen and oxygen atoms in total. The molecule has 0 bridgehead atoms. The molecule has 1 fully saturated rings. The molecule has 2 rings (SSSR count). The van der Waals surface area contributed by atoms with Crippen LogP contribution in [0.4, 0.5) is 0 Å². The molecule has 2 N–H and O–H groups in total. The normalized spacial score (nSPS) is 19.2. The van der Waals surface area contributed by atoms with Gasteiger partial charge < -0.3 is 10.6 Å². The third-order valence-corrected chi connectivity index (χ3v) is 3.44. The maximum atomic E-state index is 12.3. The molecule has 1 aromatic heterocycles. The van der Waals surface area contributed by atoms with Crippen molar-refractivity contribution in [3.8, 4) is 0 Å². The molecule has 1 aromatic rings. The van der Waals surface area contributed by atoms with Gasteiger partial charge in [0.25, 0.3) is 5.91 Å². The average molecular weight is 250 g/mol. The fourth-order valence-electron chi connectivity index (χ4n) is 2.49. The third kappa shape index (κ3) is 2.56. The summed E-state index contributed by atoms with van der Waals surface area (Å²) in [4.78, 5) is 12.3. The van der Waals surface area contributed by atoms with Gasteiger partial charge in [-0.15, -0.1) is 0 Å². The topological polar surface area (TPSA) is 59.0 Å². The highest BCUT2D eigenvalue weighted by molar-refractivity contribution is 5.96. The van der Waals surface area contributed by atoms with Crippen LogP contribution in [0.15, 0.2) is 0 Å². The van der Waals surface area contributed by atoms with Crippen molar-refractivity contribution in [2.75, 3.05) is 13.1 Å². The Morgan fingerprint density at radius 2 is 2.33 bits per heavy atom. The van der Waals surface area contributed by atoms with Gasteiger partial charge in [0.1, 0.15) is 0 Å². The van der Waals surface area contributed by atoms with Crippen LogP contribution in [0.5, 0.6) is 0 Å². The first-order chi connectivity index (χ1) is 8.63. The lowest BCUT2D eigenvalue weighted by atomic mass is 10.1. The van der Waals surface area contributed by atoms with Crippen LogP contribution >= 0.6 is 0 Å². The summed E-state index contributed by atoms with van der Waals surface area (Å²) < 4.78 is 1.93. The Morgan fingerprint density at radius 1 is 1.56 bits per heavy atom. The van der Waals surface area contributed by atoms with Crippen molar-refractivity contribution in [1.29, 1.82) is 0 Å². The fraction of sp³-hybridized carbons (Fsp3) is 0.692. The highest BCUT2D eigenvalue weighted by Crippen LogP contribution is 2.14. The Balaban J connectivity index is 2.13. The molecule has 18 heavy (non-hydrogen) atoms. The number of aromatic nitrogens is 2. The minimum absolute atomic E-state index is 0.0149. The van der Waals surface area contributed by atoms with Gasteiger partial charge in [-0.25, -0.2) is 0 Å². The predicted molar refractivity (Wildman–Crippen MR) is 70.7 cm³/mol. The number of carbonyl (C=O) groups is 1. The molecule has 0 aliphatic carbocycles. The molecule has 0 aromatic carbocycles. The molecule has 1 unspecified atom stereocenters. The summed E-state index contributed by atoms with van der Waals surface area (Å²) in [5.41, 5.74) is 2.54. The van der Waals surface area contributed by atoms with Crippen molar-refractivity contribution in [2.45, 2.75) is 46.2 Å². The Bertz CT molecular complexity index is 432. The zero-order valence-electron chi connectivity index (χ0n) is 11.4. The Hall–Kier alpha value is -1.36. The highest BCUT2D eigenvalue weighted by atomic mass is 16.1. The van der Waals surface area contributed by atoms with Crippen LogP contribution in [-0.4, -0.2) is 34.8 Å². The summed E-state index contributed by atoms with van der Waals surface area (Å²) >= 11 is 0. The van der Waals surface area contributed by atoms with E-state index in [1.807, 2.05) is 18.5 Å². The molecule has 1 amide bonds. The van der Waals surface area contributed by atoms with Gasteiger partial charge in [-0.05, 0) is 33.2 Å². The average Bonchev–Trinajstić information content (AvgIpc) is 2.89. The van der Waals surface area contributed by atoms with Gasteiger partial charge in [0.05, 0.1) is 11.3 Å². The van der Waals surface area contributed by atoms with E-state index in [-0.39, 0.29) is 11.9 Å². The number of hydrogen-bond acceptors (Lipinski definition) is 3. The first kappa shape index (κ1) is 13.1. The molecule has 0 spiro atoms. The second-order valence-electron chi connectivity index (χ2n) is 4.93. The van der Waals surface area contributed by atoms with E-state index < -0.39 is 0 Å². The smallest absolute Gasteiger partial charge is 0.255 e. The lowest BCUT2D eigenvalue weighted by Gasteiger charge is -2.11. The quantitative estimate of drug-likeness (QED) is 0.838. The molecule has 1 aliphatic heterocycles. The van der Waals surface area contributed by atoms with Crippen LogP contribution < -0.4 is 10.6 Å². The maximum absolute atomic E-state index is 12.3. The van der Waals surface area contributed by atoms with E-state index in [4.69, 9.17) is 0 Å². The molecule has 1 aliphatic rings. The summed E-state index contributed by atoms with van der Waals surface area (Å²) in [6, 6.07) is 0.255.